The summed E-state index contributed by atoms with van der Waals surface area (Å²) >= 11 is 0. The zero-order valence-electron chi connectivity index (χ0n) is 16.5. The van der Waals surface area contributed by atoms with Crippen LogP contribution in [0.4, 0.5) is 4.79 Å². The van der Waals surface area contributed by atoms with E-state index >= 15 is 0 Å². The van der Waals surface area contributed by atoms with Gasteiger partial charge in [-0.25, -0.2) is 4.79 Å². The average Bonchev–Trinajstić information content (AvgIpc) is 2.81. The number of nitrogens with one attached hydrogen (secondary N) is 2. The van der Waals surface area contributed by atoms with E-state index in [9.17, 15) is 9.59 Å². The van der Waals surface area contributed by atoms with E-state index < -0.39 is 5.54 Å². The van der Waals surface area contributed by atoms with E-state index in [1.54, 1.807) is 6.92 Å². The number of imide groups is 1. The van der Waals surface area contributed by atoms with Crippen molar-refractivity contribution in [3.8, 4) is 0 Å². The van der Waals surface area contributed by atoms with Crippen LogP contribution in [0.1, 0.15) is 46.5 Å². The van der Waals surface area contributed by atoms with Crippen LogP contribution >= 0.6 is 24.0 Å². The highest BCUT2D eigenvalue weighted by molar-refractivity contribution is 14.0. The number of allylic oxidation sites excluding steroid dienone is 1. The summed E-state index contributed by atoms with van der Waals surface area (Å²) in [7, 11) is 2.01. The molecular weight excluding hydrogens is 445 g/mol. The molecule has 0 saturated carbocycles. The molecule has 7 nitrogen and oxygen atoms in total. The Morgan fingerprint density at radius 3 is 2.62 bits per heavy atom. The van der Waals surface area contributed by atoms with Crippen LogP contribution in [-0.2, 0) is 4.79 Å². The number of rotatable bonds is 10. The molecule has 1 aliphatic heterocycles. The Bertz CT molecular complexity index is 512. The van der Waals surface area contributed by atoms with Crippen LogP contribution < -0.4 is 10.6 Å². The van der Waals surface area contributed by atoms with Gasteiger partial charge in [0.15, 0.2) is 5.96 Å². The van der Waals surface area contributed by atoms with E-state index in [-0.39, 0.29) is 35.9 Å². The first-order chi connectivity index (χ1) is 11.9. The van der Waals surface area contributed by atoms with Gasteiger partial charge in [-0.3, -0.25) is 14.7 Å². The predicted octanol–water partition coefficient (Wildman–Crippen LogP) is 2.58. The zero-order chi connectivity index (χ0) is 18.9. The Morgan fingerprint density at radius 1 is 1.38 bits per heavy atom. The lowest BCUT2D eigenvalue weighted by Gasteiger charge is -2.22. The largest absolute Gasteiger partial charge is 0.357 e. The number of urea groups is 1. The third-order valence-corrected chi connectivity index (χ3v) is 4.45. The molecule has 0 aromatic rings. The highest BCUT2D eigenvalue weighted by Crippen LogP contribution is 2.20. The summed E-state index contributed by atoms with van der Waals surface area (Å²) in [4.78, 5) is 32.3. The fraction of sp³-hybridized carbons (Fsp3) is 0.722. The maximum absolute atomic E-state index is 12.3. The normalized spacial score (nSPS) is 19.8. The second-order valence-corrected chi connectivity index (χ2v) is 6.51. The SMILES string of the molecule is C=CCCCN(C)C(=NCCCN1C(=O)NC(C)(CC)C1=O)NCC.I. The predicted molar refractivity (Wildman–Crippen MR) is 117 cm³/mol. The first-order valence-electron chi connectivity index (χ1n) is 9.14. The molecule has 1 atom stereocenters. The molecule has 1 fully saturated rings. The lowest BCUT2D eigenvalue weighted by Crippen LogP contribution is -2.43. The highest BCUT2D eigenvalue weighted by Gasteiger charge is 2.45. The van der Waals surface area contributed by atoms with Gasteiger partial charge in [-0.15, -0.1) is 30.6 Å². The van der Waals surface area contributed by atoms with E-state index in [1.165, 1.54) is 4.90 Å². The van der Waals surface area contributed by atoms with E-state index in [0.29, 0.717) is 25.9 Å². The van der Waals surface area contributed by atoms with Crippen LogP contribution in [0.2, 0.25) is 0 Å². The molecule has 0 bridgehead atoms. The van der Waals surface area contributed by atoms with Crippen molar-refractivity contribution in [2.45, 2.75) is 52.0 Å². The number of carbonyl (C=O) groups excluding carboxylic acids is 2. The summed E-state index contributed by atoms with van der Waals surface area (Å²) in [5.74, 6) is 0.708. The monoisotopic (exact) mass is 479 g/mol. The fourth-order valence-electron chi connectivity index (χ4n) is 2.65. The Kier molecular flexibility index (Phi) is 11.5. The number of guanidine groups is 1. The minimum Gasteiger partial charge on any atom is -0.357 e. The van der Waals surface area contributed by atoms with Gasteiger partial charge >= 0.3 is 6.03 Å². The smallest absolute Gasteiger partial charge is 0.325 e. The van der Waals surface area contributed by atoms with Gasteiger partial charge in [0, 0.05) is 33.2 Å². The van der Waals surface area contributed by atoms with Crippen molar-refractivity contribution in [2.24, 2.45) is 4.99 Å². The summed E-state index contributed by atoms with van der Waals surface area (Å²) < 4.78 is 0. The molecule has 0 radical (unpaired) electrons. The Labute approximate surface area is 174 Å². The molecule has 0 aliphatic carbocycles. The third kappa shape index (κ3) is 6.77. The average molecular weight is 479 g/mol. The highest BCUT2D eigenvalue weighted by atomic mass is 127. The molecule has 0 aromatic carbocycles. The van der Waals surface area contributed by atoms with E-state index in [1.807, 2.05) is 27.0 Å². The van der Waals surface area contributed by atoms with Crippen LogP contribution in [0.15, 0.2) is 17.6 Å². The number of halogens is 1. The summed E-state index contributed by atoms with van der Waals surface area (Å²) in [6.45, 7) is 12.1. The molecule has 1 rings (SSSR count). The van der Waals surface area contributed by atoms with E-state index in [0.717, 1.165) is 31.9 Å². The first kappa shape index (κ1) is 24.7. The standard InChI is InChI=1S/C18H33N5O2.HI/c1-6-9-10-13-22(5)16(19-8-3)20-12-11-14-23-15(24)18(4,7-2)21-17(23)25;/h6H,1,7-14H2,2-5H3,(H,19,20)(H,21,25);1H. The van der Waals surface area contributed by atoms with Crippen LogP contribution in [0.3, 0.4) is 0 Å². The molecule has 1 unspecified atom stereocenters. The van der Waals surface area contributed by atoms with Gasteiger partial charge in [-0.1, -0.05) is 13.0 Å². The fourth-order valence-corrected chi connectivity index (χ4v) is 2.65. The van der Waals surface area contributed by atoms with Gasteiger partial charge in [0.2, 0.25) is 0 Å². The number of amides is 3. The summed E-state index contributed by atoms with van der Waals surface area (Å²) in [5, 5.41) is 6.04. The number of hydrogen-bond donors (Lipinski definition) is 2. The number of hydrogen-bond acceptors (Lipinski definition) is 3. The van der Waals surface area contributed by atoms with Gasteiger partial charge in [-0.05, 0) is 39.5 Å². The van der Waals surface area contributed by atoms with Crippen LogP contribution in [-0.4, -0.2) is 66.5 Å². The van der Waals surface area contributed by atoms with Crippen molar-refractivity contribution in [2.75, 3.05) is 33.2 Å². The first-order valence-corrected chi connectivity index (χ1v) is 9.14. The molecule has 8 heteroatoms. The van der Waals surface area contributed by atoms with Gasteiger partial charge in [0.25, 0.3) is 5.91 Å². The third-order valence-electron chi connectivity index (χ3n) is 4.45. The molecule has 2 N–H and O–H groups in total. The lowest BCUT2D eigenvalue weighted by molar-refractivity contribution is -0.130. The Balaban J connectivity index is 0.00000625. The van der Waals surface area contributed by atoms with Crippen molar-refractivity contribution in [3.63, 3.8) is 0 Å². The van der Waals surface area contributed by atoms with Gasteiger partial charge in [-0.2, -0.15) is 0 Å². The molecule has 0 spiro atoms. The van der Waals surface area contributed by atoms with Gasteiger partial charge < -0.3 is 15.5 Å². The number of unbranched alkanes of at least 4 members (excludes halogenated alkanes) is 1. The second-order valence-electron chi connectivity index (χ2n) is 6.51. The summed E-state index contributed by atoms with van der Waals surface area (Å²) in [6.07, 6.45) is 5.16. The summed E-state index contributed by atoms with van der Waals surface area (Å²) in [5.41, 5.74) is -0.763. The quantitative estimate of drug-likeness (QED) is 0.126. The molecule has 3 amide bonds. The molecule has 150 valence electrons. The van der Waals surface area contributed by atoms with E-state index in [4.69, 9.17) is 0 Å². The minimum absolute atomic E-state index is 0. The van der Waals surface area contributed by atoms with Gasteiger partial charge in [0.05, 0.1) is 0 Å². The molecular formula is C18H34IN5O2. The van der Waals surface area contributed by atoms with Crippen LogP contribution in [0.25, 0.3) is 0 Å². The number of nitrogens with zero attached hydrogens (tertiary/aromatic N) is 3. The zero-order valence-corrected chi connectivity index (χ0v) is 18.8. The van der Waals surface area contributed by atoms with Crippen molar-refractivity contribution in [1.29, 1.82) is 0 Å². The van der Waals surface area contributed by atoms with Crippen molar-refractivity contribution in [3.05, 3.63) is 12.7 Å². The molecule has 1 saturated heterocycles. The maximum atomic E-state index is 12.3. The van der Waals surface area contributed by atoms with E-state index in [2.05, 4.69) is 27.1 Å². The van der Waals surface area contributed by atoms with Crippen molar-refractivity contribution < 1.29 is 9.59 Å². The maximum Gasteiger partial charge on any atom is 0.325 e. The molecule has 0 aromatic heterocycles. The van der Waals surface area contributed by atoms with Gasteiger partial charge in [0.1, 0.15) is 5.54 Å². The topological polar surface area (TPSA) is 77.0 Å². The minimum atomic E-state index is -0.763. The van der Waals surface area contributed by atoms with Crippen LogP contribution in [0, 0.1) is 0 Å². The number of carbonyl (C=O) groups is 2. The van der Waals surface area contributed by atoms with Crippen molar-refractivity contribution >= 4 is 41.9 Å². The second kappa shape index (κ2) is 12.1. The Hall–Kier alpha value is -1.32. The number of aliphatic imine (C=N–C) groups is 1. The summed E-state index contributed by atoms with van der Waals surface area (Å²) in [6, 6.07) is -0.299. The molecule has 1 aliphatic rings. The molecule has 26 heavy (non-hydrogen) atoms. The molecule has 1 heterocycles. The van der Waals surface area contributed by atoms with Crippen molar-refractivity contribution in [1.82, 2.24) is 20.4 Å². The van der Waals surface area contributed by atoms with Crippen LogP contribution in [0.5, 0.6) is 0 Å². The Morgan fingerprint density at radius 2 is 2.08 bits per heavy atom. The lowest BCUT2D eigenvalue weighted by atomic mass is 9.99.